The van der Waals surface area contributed by atoms with Gasteiger partial charge in [0.15, 0.2) is 0 Å². The summed E-state index contributed by atoms with van der Waals surface area (Å²) in [5.74, 6) is 0.672. The summed E-state index contributed by atoms with van der Waals surface area (Å²) in [5.41, 5.74) is 2.83. The molecule has 116 valence electrons. The van der Waals surface area contributed by atoms with Crippen molar-refractivity contribution in [3.05, 3.63) is 29.8 Å². The third kappa shape index (κ3) is 2.82. The molecule has 1 saturated carbocycles. The molecule has 1 aromatic carbocycles. The van der Waals surface area contributed by atoms with Gasteiger partial charge in [0.2, 0.25) is 0 Å². The van der Waals surface area contributed by atoms with Crippen LogP contribution in [0.3, 0.4) is 0 Å². The minimum absolute atomic E-state index is 0.225. The molecular weight excluding hydrogens is 260 g/mol. The highest BCUT2D eigenvalue weighted by Gasteiger charge is 2.57. The highest BCUT2D eigenvalue weighted by Crippen LogP contribution is 2.52. The molecule has 21 heavy (non-hydrogen) atoms. The van der Waals surface area contributed by atoms with Gasteiger partial charge in [-0.1, -0.05) is 26.0 Å². The van der Waals surface area contributed by atoms with Gasteiger partial charge >= 0.3 is 0 Å². The molecule has 0 amide bonds. The quantitative estimate of drug-likeness (QED) is 0.919. The molecule has 3 atom stereocenters. The van der Waals surface area contributed by atoms with E-state index in [1.165, 1.54) is 24.1 Å². The number of fused-ring (bicyclic) bond motifs is 1. The summed E-state index contributed by atoms with van der Waals surface area (Å²) in [6, 6.07) is 9.35. The zero-order valence-corrected chi connectivity index (χ0v) is 13.7. The molecule has 0 radical (unpaired) electrons. The fourth-order valence-electron chi connectivity index (χ4n) is 4.12. The fraction of sp³-hybridized carbons (Fsp3) is 0.667. The Hall–Kier alpha value is -1.06. The van der Waals surface area contributed by atoms with Crippen LogP contribution < -0.4 is 5.32 Å². The summed E-state index contributed by atoms with van der Waals surface area (Å²) < 4.78 is 5.99. The van der Waals surface area contributed by atoms with Gasteiger partial charge in [-0.05, 0) is 44.6 Å². The maximum Gasteiger partial charge on any atom is 0.0693 e. The maximum absolute atomic E-state index is 5.99. The molecule has 3 heteroatoms. The summed E-state index contributed by atoms with van der Waals surface area (Å²) in [5, 5.41) is 3.78. The number of anilines is 1. The Bertz CT molecular complexity index is 498. The molecular formula is C18H28N2O. The van der Waals surface area contributed by atoms with E-state index >= 15 is 0 Å². The van der Waals surface area contributed by atoms with Crippen molar-refractivity contribution in [1.29, 1.82) is 0 Å². The summed E-state index contributed by atoms with van der Waals surface area (Å²) in [4.78, 5) is 2.21. The first-order valence-electron chi connectivity index (χ1n) is 8.10. The van der Waals surface area contributed by atoms with Crippen LogP contribution in [0.1, 0.15) is 32.3 Å². The second-order valence-corrected chi connectivity index (χ2v) is 7.48. The predicted molar refractivity (Wildman–Crippen MR) is 87.5 cm³/mol. The van der Waals surface area contributed by atoms with Gasteiger partial charge in [0.1, 0.15) is 0 Å². The lowest BCUT2D eigenvalue weighted by atomic mass is 9.55. The molecule has 0 spiro atoms. The van der Waals surface area contributed by atoms with Crippen molar-refractivity contribution >= 4 is 5.69 Å². The second-order valence-electron chi connectivity index (χ2n) is 7.48. The van der Waals surface area contributed by atoms with E-state index in [0.717, 1.165) is 13.2 Å². The van der Waals surface area contributed by atoms with Gasteiger partial charge in [0, 0.05) is 36.2 Å². The Morgan fingerprint density at radius 2 is 2.14 bits per heavy atom. The van der Waals surface area contributed by atoms with Crippen molar-refractivity contribution < 1.29 is 4.74 Å². The van der Waals surface area contributed by atoms with Gasteiger partial charge in [-0.15, -0.1) is 0 Å². The summed E-state index contributed by atoms with van der Waals surface area (Å²) in [7, 11) is 4.22. The third-order valence-corrected chi connectivity index (χ3v) is 5.08. The van der Waals surface area contributed by atoms with E-state index in [1.54, 1.807) is 0 Å². The van der Waals surface area contributed by atoms with E-state index in [1.807, 2.05) is 0 Å². The number of rotatable bonds is 4. The highest BCUT2D eigenvalue weighted by molar-refractivity contribution is 5.48. The highest BCUT2D eigenvalue weighted by atomic mass is 16.5. The smallest absolute Gasteiger partial charge is 0.0693 e. The lowest BCUT2D eigenvalue weighted by Crippen LogP contribution is -2.67. The largest absolute Gasteiger partial charge is 0.381 e. The zero-order chi connectivity index (χ0) is 15.0. The summed E-state index contributed by atoms with van der Waals surface area (Å²) in [6.45, 7) is 6.59. The predicted octanol–water partition coefficient (Wildman–Crippen LogP) is 3.36. The first kappa shape index (κ1) is 14.9. The van der Waals surface area contributed by atoms with Crippen LogP contribution in [0.25, 0.3) is 0 Å². The average molecular weight is 288 g/mol. The van der Waals surface area contributed by atoms with E-state index < -0.39 is 0 Å². The molecule has 3 unspecified atom stereocenters. The van der Waals surface area contributed by atoms with Crippen LogP contribution in [0.5, 0.6) is 0 Å². The first-order valence-corrected chi connectivity index (χ1v) is 8.10. The van der Waals surface area contributed by atoms with Crippen molar-refractivity contribution in [1.82, 2.24) is 4.90 Å². The minimum Gasteiger partial charge on any atom is -0.381 e. The summed E-state index contributed by atoms with van der Waals surface area (Å²) in [6.07, 6.45) is 2.94. The Kier molecular flexibility index (Phi) is 3.98. The molecule has 1 aromatic rings. The van der Waals surface area contributed by atoms with Gasteiger partial charge in [-0.25, -0.2) is 0 Å². The second kappa shape index (κ2) is 5.62. The molecule has 0 bridgehead atoms. The SMILES string of the molecule is CN(C)Cc1cccc(NC2C3CCCOC3C2(C)C)c1. The van der Waals surface area contributed by atoms with Crippen molar-refractivity contribution in [2.45, 2.75) is 45.4 Å². The molecule has 1 N–H and O–H groups in total. The van der Waals surface area contributed by atoms with Crippen molar-refractivity contribution in [2.75, 3.05) is 26.0 Å². The average Bonchev–Trinajstić information content (AvgIpc) is 2.44. The molecule has 1 heterocycles. The summed E-state index contributed by atoms with van der Waals surface area (Å²) >= 11 is 0. The van der Waals surface area contributed by atoms with Crippen molar-refractivity contribution in [3.63, 3.8) is 0 Å². The first-order chi connectivity index (χ1) is 9.98. The Balaban J connectivity index is 1.71. The van der Waals surface area contributed by atoms with E-state index in [-0.39, 0.29) is 5.41 Å². The van der Waals surface area contributed by atoms with E-state index in [4.69, 9.17) is 4.74 Å². The number of nitrogens with zero attached hydrogens (tertiary/aromatic N) is 1. The minimum atomic E-state index is 0.225. The topological polar surface area (TPSA) is 24.5 Å². The molecule has 1 aliphatic carbocycles. The molecule has 2 fully saturated rings. The molecule has 0 aromatic heterocycles. The van der Waals surface area contributed by atoms with Crippen molar-refractivity contribution in [2.24, 2.45) is 11.3 Å². The number of hydrogen-bond acceptors (Lipinski definition) is 3. The lowest BCUT2D eigenvalue weighted by Gasteiger charge is -2.60. The molecule has 3 rings (SSSR count). The van der Waals surface area contributed by atoms with Gasteiger partial charge in [-0.3, -0.25) is 0 Å². The Labute approximate surface area is 128 Å². The normalized spacial score (nSPS) is 30.6. The zero-order valence-electron chi connectivity index (χ0n) is 13.7. The van der Waals surface area contributed by atoms with Crippen LogP contribution in [0.15, 0.2) is 24.3 Å². The maximum atomic E-state index is 5.99. The Morgan fingerprint density at radius 3 is 2.90 bits per heavy atom. The van der Waals surface area contributed by atoms with Crippen LogP contribution in [0.2, 0.25) is 0 Å². The molecule has 3 nitrogen and oxygen atoms in total. The lowest BCUT2D eigenvalue weighted by molar-refractivity contribution is -0.177. The number of nitrogens with one attached hydrogen (secondary N) is 1. The third-order valence-electron chi connectivity index (χ3n) is 5.08. The fourth-order valence-corrected chi connectivity index (χ4v) is 4.12. The van der Waals surface area contributed by atoms with Crippen LogP contribution in [0.4, 0.5) is 5.69 Å². The van der Waals surface area contributed by atoms with Gasteiger partial charge in [-0.2, -0.15) is 0 Å². The molecule has 1 aliphatic heterocycles. The number of hydrogen-bond donors (Lipinski definition) is 1. The molecule has 1 saturated heterocycles. The van der Waals surface area contributed by atoms with Gasteiger partial charge in [0.05, 0.1) is 6.10 Å². The van der Waals surface area contributed by atoms with E-state index in [2.05, 4.69) is 62.4 Å². The van der Waals surface area contributed by atoms with E-state index in [9.17, 15) is 0 Å². The number of ether oxygens (including phenoxy) is 1. The molecule has 2 aliphatic rings. The van der Waals surface area contributed by atoms with Gasteiger partial charge in [0.25, 0.3) is 0 Å². The van der Waals surface area contributed by atoms with Crippen molar-refractivity contribution in [3.8, 4) is 0 Å². The number of benzene rings is 1. The van der Waals surface area contributed by atoms with Crippen LogP contribution in [-0.4, -0.2) is 37.7 Å². The standard InChI is InChI=1S/C18H28N2O/c1-18(2)16(15-9-6-10-21-17(15)18)19-14-8-5-7-13(11-14)12-20(3)4/h5,7-8,11,15-17,19H,6,9-10,12H2,1-4H3. The van der Waals surface area contributed by atoms with Gasteiger partial charge < -0.3 is 15.0 Å². The van der Waals surface area contributed by atoms with Crippen LogP contribution in [-0.2, 0) is 11.3 Å². The van der Waals surface area contributed by atoms with Crippen LogP contribution in [0, 0.1) is 11.3 Å². The van der Waals surface area contributed by atoms with E-state index in [0.29, 0.717) is 18.1 Å². The monoisotopic (exact) mass is 288 g/mol. The Morgan fingerprint density at radius 1 is 1.33 bits per heavy atom. The van der Waals surface area contributed by atoms with Crippen LogP contribution >= 0.6 is 0 Å².